The van der Waals surface area contributed by atoms with E-state index in [-0.39, 0.29) is 4.90 Å². The third-order valence-corrected chi connectivity index (χ3v) is 5.40. The molecule has 3 N–H and O–H groups in total. The molecule has 5 nitrogen and oxygen atoms in total. The van der Waals surface area contributed by atoms with Crippen LogP contribution in [0.25, 0.3) is 10.6 Å². The lowest BCUT2D eigenvalue weighted by atomic mass is 10.2. The third-order valence-electron chi connectivity index (χ3n) is 2.71. The number of phenolic OH excluding ortho intramolecular Hbond substituents is 1. The van der Waals surface area contributed by atoms with Gasteiger partial charge >= 0.3 is 0 Å². The number of aromatic hydroxyl groups is 1. The van der Waals surface area contributed by atoms with E-state index < -0.39 is 10.0 Å². The van der Waals surface area contributed by atoms with E-state index in [1.807, 2.05) is 12.1 Å². The number of thiazole rings is 1. The highest BCUT2D eigenvalue weighted by Crippen LogP contribution is 2.27. The van der Waals surface area contributed by atoms with E-state index in [0.29, 0.717) is 16.3 Å². The van der Waals surface area contributed by atoms with Crippen LogP contribution in [0, 0.1) is 3.57 Å². The van der Waals surface area contributed by atoms with Crippen molar-refractivity contribution in [3.05, 3.63) is 63.7 Å². The number of primary sulfonamides is 1. The third kappa shape index (κ3) is 4.99. The number of nitrogens with two attached hydrogens (primary N) is 1. The van der Waals surface area contributed by atoms with Crippen molar-refractivity contribution in [3.8, 4) is 16.3 Å². The van der Waals surface area contributed by atoms with Crippen LogP contribution < -0.4 is 5.14 Å². The van der Waals surface area contributed by atoms with Crippen LogP contribution in [0.4, 0.5) is 0 Å². The first-order chi connectivity index (χ1) is 10.9. The summed E-state index contributed by atoms with van der Waals surface area (Å²) in [5.41, 5.74) is 0.551. The van der Waals surface area contributed by atoms with Crippen molar-refractivity contribution >= 4 is 44.0 Å². The van der Waals surface area contributed by atoms with Gasteiger partial charge in [-0.3, -0.25) is 0 Å². The highest BCUT2D eigenvalue weighted by atomic mass is 127. The lowest BCUT2D eigenvalue weighted by Gasteiger charge is -2.03. The number of hydrogen-bond acceptors (Lipinski definition) is 5. The van der Waals surface area contributed by atoms with Gasteiger partial charge in [0.25, 0.3) is 0 Å². The fourth-order valence-corrected chi connectivity index (χ4v) is 3.57. The lowest BCUT2D eigenvalue weighted by Crippen LogP contribution is -2.13. The standard InChI is InChI=1S/C9H8N2O2S2.C6H5IO/c10-15(12,13)8-4-2-1-3-7(8)9-11-5-6-14-9;7-5-3-1-2-4-6(5)8/h1-6H,(H2,10,12,13);1-4,8H. The van der Waals surface area contributed by atoms with E-state index in [4.69, 9.17) is 10.2 Å². The molecule has 0 unspecified atom stereocenters. The first-order valence-electron chi connectivity index (χ1n) is 6.35. The molecule has 1 heterocycles. The minimum atomic E-state index is -3.69. The topological polar surface area (TPSA) is 93.3 Å². The largest absolute Gasteiger partial charge is 0.507 e. The molecule has 0 fully saturated rings. The maximum atomic E-state index is 11.3. The van der Waals surface area contributed by atoms with Crippen LogP contribution >= 0.6 is 33.9 Å². The van der Waals surface area contributed by atoms with Crippen molar-refractivity contribution in [3.63, 3.8) is 0 Å². The van der Waals surface area contributed by atoms with Crippen molar-refractivity contribution in [2.24, 2.45) is 5.14 Å². The minimum absolute atomic E-state index is 0.111. The van der Waals surface area contributed by atoms with E-state index in [1.54, 1.807) is 41.9 Å². The predicted molar refractivity (Wildman–Crippen MR) is 99.7 cm³/mol. The van der Waals surface area contributed by atoms with E-state index in [0.717, 1.165) is 3.57 Å². The second-order valence-corrected chi connectivity index (χ2v) is 7.92. The van der Waals surface area contributed by atoms with Crippen LogP contribution in [0.2, 0.25) is 0 Å². The number of para-hydroxylation sites is 1. The number of sulfonamides is 1. The zero-order valence-corrected chi connectivity index (χ0v) is 15.5. The first kappa shape index (κ1) is 17.9. The molecule has 0 saturated carbocycles. The van der Waals surface area contributed by atoms with Crippen LogP contribution in [0.5, 0.6) is 5.75 Å². The Labute approximate surface area is 152 Å². The summed E-state index contributed by atoms with van der Waals surface area (Å²) in [5, 5.41) is 16.5. The summed E-state index contributed by atoms with van der Waals surface area (Å²) >= 11 is 3.45. The van der Waals surface area contributed by atoms with E-state index in [9.17, 15) is 8.42 Å². The molecule has 0 atom stereocenters. The van der Waals surface area contributed by atoms with Crippen molar-refractivity contribution in [1.82, 2.24) is 4.98 Å². The highest BCUT2D eigenvalue weighted by Gasteiger charge is 2.15. The summed E-state index contributed by atoms with van der Waals surface area (Å²) in [6.45, 7) is 0. The first-order valence-corrected chi connectivity index (χ1v) is 9.85. The van der Waals surface area contributed by atoms with Crippen LogP contribution in [0.15, 0.2) is 65.0 Å². The quantitative estimate of drug-likeness (QED) is 0.573. The van der Waals surface area contributed by atoms with E-state index in [2.05, 4.69) is 27.6 Å². The summed E-state index contributed by atoms with van der Waals surface area (Å²) in [6.07, 6.45) is 1.62. The number of aromatic nitrogens is 1. The van der Waals surface area contributed by atoms with Gasteiger partial charge in [-0.05, 0) is 40.8 Å². The highest BCUT2D eigenvalue weighted by molar-refractivity contribution is 14.1. The Balaban J connectivity index is 0.000000203. The normalized spacial score (nSPS) is 10.7. The molecule has 0 amide bonds. The summed E-state index contributed by atoms with van der Waals surface area (Å²) in [5.74, 6) is 0.355. The average Bonchev–Trinajstić information content (AvgIpc) is 3.04. The van der Waals surface area contributed by atoms with Gasteiger partial charge in [0.15, 0.2) is 0 Å². The maximum absolute atomic E-state index is 11.3. The number of phenols is 1. The molecule has 0 aliphatic carbocycles. The zero-order valence-electron chi connectivity index (χ0n) is 11.8. The van der Waals surface area contributed by atoms with Gasteiger partial charge < -0.3 is 5.11 Å². The molecule has 0 aliphatic heterocycles. The number of benzene rings is 2. The SMILES string of the molecule is NS(=O)(=O)c1ccccc1-c1nccs1.Oc1ccccc1I. The van der Waals surface area contributed by atoms with Gasteiger partial charge in [0.2, 0.25) is 10.0 Å². The van der Waals surface area contributed by atoms with Crippen molar-refractivity contribution in [2.45, 2.75) is 4.90 Å². The van der Waals surface area contributed by atoms with Crippen LogP contribution in [0.3, 0.4) is 0 Å². The average molecular weight is 460 g/mol. The molecule has 8 heteroatoms. The fourth-order valence-electron chi connectivity index (χ4n) is 1.70. The number of halogens is 1. The van der Waals surface area contributed by atoms with Crippen molar-refractivity contribution in [2.75, 3.05) is 0 Å². The molecule has 0 bridgehead atoms. The van der Waals surface area contributed by atoms with Gasteiger partial charge in [0.05, 0.1) is 8.47 Å². The van der Waals surface area contributed by atoms with Crippen LogP contribution in [-0.4, -0.2) is 18.5 Å². The predicted octanol–water partition coefficient (Wildman–Crippen LogP) is 3.45. The Kier molecular flexibility index (Phi) is 6.10. The van der Waals surface area contributed by atoms with Crippen LogP contribution in [-0.2, 0) is 10.0 Å². The van der Waals surface area contributed by atoms with Crippen LogP contribution in [0.1, 0.15) is 0 Å². The monoisotopic (exact) mass is 460 g/mol. The Bertz CT molecular complexity index is 860. The fraction of sp³-hybridized carbons (Fsp3) is 0. The Morgan fingerprint density at radius 3 is 2.26 bits per heavy atom. The van der Waals surface area contributed by atoms with Gasteiger partial charge in [-0.2, -0.15) is 0 Å². The summed E-state index contributed by atoms with van der Waals surface area (Å²) in [4.78, 5) is 4.17. The molecular weight excluding hydrogens is 447 g/mol. The molecule has 3 aromatic rings. The smallest absolute Gasteiger partial charge is 0.238 e. The lowest BCUT2D eigenvalue weighted by molar-refractivity contribution is 0.471. The molecule has 0 spiro atoms. The number of rotatable bonds is 2. The Hall–Kier alpha value is -1.49. The number of nitrogens with zero attached hydrogens (tertiary/aromatic N) is 1. The molecule has 23 heavy (non-hydrogen) atoms. The van der Waals surface area contributed by atoms with Gasteiger partial charge in [0, 0.05) is 17.1 Å². The molecule has 1 aromatic heterocycles. The second-order valence-electron chi connectivity index (χ2n) is 4.33. The van der Waals surface area contributed by atoms with Gasteiger partial charge in [0.1, 0.15) is 10.8 Å². The van der Waals surface area contributed by atoms with Gasteiger partial charge in [-0.15, -0.1) is 11.3 Å². The zero-order chi connectivity index (χ0) is 16.9. The van der Waals surface area contributed by atoms with Gasteiger partial charge in [-0.1, -0.05) is 30.3 Å². The number of hydrogen-bond donors (Lipinski definition) is 2. The summed E-state index contributed by atoms with van der Waals surface area (Å²) < 4.78 is 23.5. The Morgan fingerprint density at radius 1 is 1.09 bits per heavy atom. The van der Waals surface area contributed by atoms with Crippen molar-refractivity contribution < 1.29 is 13.5 Å². The summed E-state index contributed by atoms with van der Waals surface area (Å²) in [6, 6.07) is 13.8. The molecule has 3 rings (SSSR count). The Morgan fingerprint density at radius 2 is 1.74 bits per heavy atom. The molecule has 120 valence electrons. The molecule has 0 aliphatic rings. The van der Waals surface area contributed by atoms with E-state index in [1.165, 1.54) is 17.4 Å². The molecule has 2 aromatic carbocycles. The summed E-state index contributed by atoms with van der Waals surface area (Å²) in [7, 11) is -3.69. The minimum Gasteiger partial charge on any atom is -0.507 e. The maximum Gasteiger partial charge on any atom is 0.238 e. The second kappa shape index (κ2) is 7.86. The molecule has 0 radical (unpaired) electrons. The molecular formula is C15H13IN2O3S2. The van der Waals surface area contributed by atoms with Gasteiger partial charge in [-0.25, -0.2) is 18.5 Å². The molecule has 0 saturated heterocycles. The van der Waals surface area contributed by atoms with E-state index >= 15 is 0 Å². The van der Waals surface area contributed by atoms with Crippen molar-refractivity contribution in [1.29, 1.82) is 0 Å².